The number of carbonyl (C=O) groups excluding carboxylic acids is 1. The zero-order valence-electron chi connectivity index (χ0n) is 19.0. The molecule has 180 valence electrons. The molecule has 1 fully saturated rings. The van der Waals surface area contributed by atoms with Gasteiger partial charge in [0.1, 0.15) is 5.82 Å². The summed E-state index contributed by atoms with van der Waals surface area (Å²) in [7, 11) is -3.17. The first-order valence-electron chi connectivity index (χ1n) is 11.0. The highest BCUT2D eigenvalue weighted by Crippen LogP contribution is 2.32. The molecule has 1 unspecified atom stereocenters. The highest BCUT2D eigenvalue weighted by Gasteiger charge is 2.32. The minimum absolute atomic E-state index is 0.0327. The number of rotatable bonds is 4. The number of amides is 1. The monoisotopic (exact) mass is 512 g/mol. The zero-order valence-corrected chi connectivity index (χ0v) is 20.6. The number of benzene rings is 2. The number of hydrogen-bond donors (Lipinski definition) is 1. The van der Waals surface area contributed by atoms with Gasteiger partial charge >= 0.3 is 0 Å². The quantitative estimate of drug-likeness (QED) is 0.409. The minimum Gasteiger partial charge on any atom is -0.322 e. The van der Waals surface area contributed by atoms with Gasteiger partial charge in [-0.25, -0.2) is 22.5 Å². The number of nitrogens with one attached hydrogen (secondary N) is 1. The molecule has 1 saturated heterocycles. The Hall–Kier alpha value is -3.30. The molecule has 0 spiro atoms. The molecule has 35 heavy (non-hydrogen) atoms. The summed E-state index contributed by atoms with van der Waals surface area (Å²) in [5.74, 6) is -0.727. The van der Waals surface area contributed by atoms with Crippen molar-refractivity contribution in [3.05, 3.63) is 76.2 Å². The van der Waals surface area contributed by atoms with Crippen LogP contribution in [0.2, 0.25) is 5.02 Å². The number of nitrogens with zero attached hydrogens (tertiary/aromatic N) is 3. The number of anilines is 1. The number of fused-ring (bicyclic) bond motifs is 1. The Kier molecular flexibility index (Phi) is 5.85. The fourth-order valence-electron chi connectivity index (χ4n) is 4.35. The van der Waals surface area contributed by atoms with E-state index in [9.17, 15) is 17.6 Å². The van der Waals surface area contributed by atoms with E-state index in [4.69, 9.17) is 16.6 Å². The van der Waals surface area contributed by atoms with Crippen LogP contribution in [0.15, 0.2) is 48.5 Å². The smallest absolute Gasteiger partial charge is 0.256 e. The third-order valence-corrected chi connectivity index (χ3v) is 8.36. The largest absolute Gasteiger partial charge is 0.322 e. The van der Waals surface area contributed by atoms with Gasteiger partial charge < -0.3 is 5.32 Å². The van der Waals surface area contributed by atoms with E-state index in [0.717, 1.165) is 5.56 Å². The van der Waals surface area contributed by atoms with Crippen molar-refractivity contribution in [1.29, 1.82) is 0 Å². The van der Waals surface area contributed by atoms with E-state index in [2.05, 4.69) is 10.4 Å². The Morgan fingerprint density at radius 2 is 1.89 bits per heavy atom. The predicted octanol–water partition coefficient (Wildman–Crippen LogP) is 5.12. The number of carbonyl (C=O) groups is 1. The van der Waals surface area contributed by atoms with Crippen LogP contribution in [0.4, 0.5) is 10.1 Å². The lowest BCUT2D eigenvalue weighted by Gasteiger charge is -2.13. The average molecular weight is 513 g/mol. The fraction of sp³-hybridized carbons (Fsp3) is 0.240. The molecular weight excluding hydrogens is 491 g/mol. The molecule has 5 rings (SSSR count). The van der Waals surface area contributed by atoms with E-state index in [1.807, 2.05) is 13.0 Å². The van der Waals surface area contributed by atoms with Gasteiger partial charge in [-0.1, -0.05) is 17.7 Å². The summed E-state index contributed by atoms with van der Waals surface area (Å²) >= 11 is 6.23. The van der Waals surface area contributed by atoms with Crippen molar-refractivity contribution in [2.45, 2.75) is 26.3 Å². The number of pyridine rings is 1. The molecule has 2 aromatic carbocycles. The van der Waals surface area contributed by atoms with E-state index in [1.165, 1.54) is 12.1 Å². The van der Waals surface area contributed by atoms with Gasteiger partial charge in [0.15, 0.2) is 15.5 Å². The summed E-state index contributed by atoms with van der Waals surface area (Å²) < 4.78 is 39.4. The molecule has 10 heteroatoms. The van der Waals surface area contributed by atoms with Crippen molar-refractivity contribution < 1.29 is 17.6 Å². The Bertz CT molecular complexity index is 1580. The third kappa shape index (κ3) is 4.53. The van der Waals surface area contributed by atoms with E-state index in [-0.39, 0.29) is 29.3 Å². The molecule has 1 aliphatic rings. The Morgan fingerprint density at radius 1 is 1.14 bits per heavy atom. The van der Waals surface area contributed by atoms with Crippen LogP contribution in [0.1, 0.15) is 34.1 Å². The molecule has 0 radical (unpaired) electrons. The second-order valence-electron chi connectivity index (χ2n) is 8.77. The summed E-state index contributed by atoms with van der Waals surface area (Å²) in [6, 6.07) is 12.3. The van der Waals surface area contributed by atoms with Gasteiger partial charge in [-0.15, -0.1) is 0 Å². The lowest BCUT2D eigenvalue weighted by molar-refractivity contribution is 0.102. The lowest BCUT2D eigenvalue weighted by Crippen LogP contribution is -2.15. The van der Waals surface area contributed by atoms with Crippen LogP contribution in [0.3, 0.4) is 0 Å². The molecule has 2 aromatic heterocycles. The van der Waals surface area contributed by atoms with Gasteiger partial charge in [0.2, 0.25) is 0 Å². The van der Waals surface area contributed by atoms with Gasteiger partial charge in [0.05, 0.1) is 39.9 Å². The maximum absolute atomic E-state index is 13.5. The molecule has 1 atom stereocenters. The number of aromatic nitrogens is 3. The van der Waals surface area contributed by atoms with Crippen LogP contribution in [0.5, 0.6) is 0 Å². The molecule has 1 amide bonds. The van der Waals surface area contributed by atoms with Gasteiger partial charge in [0.25, 0.3) is 5.91 Å². The average Bonchev–Trinajstić information content (AvgIpc) is 3.35. The van der Waals surface area contributed by atoms with Crippen LogP contribution in [-0.2, 0) is 9.84 Å². The molecule has 3 heterocycles. The highest BCUT2D eigenvalue weighted by molar-refractivity contribution is 7.91. The van der Waals surface area contributed by atoms with E-state index in [0.29, 0.717) is 50.7 Å². The maximum Gasteiger partial charge on any atom is 0.256 e. The standard InChI is InChI=1S/C25H22ClFN4O3S/c1-14-3-8-18(11-21(14)26)28-25(32)20-12-22(16-4-6-17(27)7-5-16)29-24-23(20)15(2)30-31(24)19-9-10-35(33,34)13-19/h3-8,11-12,19H,9-10,13H2,1-2H3,(H,28,32). The van der Waals surface area contributed by atoms with Crippen LogP contribution < -0.4 is 5.32 Å². The number of halogens is 2. The van der Waals surface area contributed by atoms with Crippen LogP contribution in [-0.4, -0.2) is 40.6 Å². The van der Waals surface area contributed by atoms with Crippen LogP contribution in [0.25, 0.3) is 22.3 Å². The van der Waals surface area contributed by atoms with Crippen molar-refractivity contribution in [3.8, 4) is 11.3 Å². The molecule has 0 aliphatic carbocycles. The van der Waals surface area contributed by atoms with Gasteiger partial charge in [-0.3, -0.25) is 4.79 Å². The van der Waals surface area contributed by atoms with Crippen molar-refractivity contribution >= 4 is 44.1 Å². The minimum atomic E-state index is -3.17. The molecule has 1 N–H and O–H groups in total. The van der Waals surface area contributed by atoms with Crippen molar-refractivity contribution in [3.63, 3.8) is 0 Å². The zero-order chi connectivity index (χ0) is 24.9. The normalized spacial score (nSPS) is 17.1. The second-order valence-corrected chi connectivity index (χ2v) is 11.4. The maximum atomic E-state index is 13.5. The molecule has 0 bridgehead atoms. The Morgan fingerprint density at radius 3 is 2.54 bits per heavy atom. The first-order chi connectivity index (χ1) is 16.6. The number of aryl methyl sites for hydroxylation is 2. The Balaban J connectivity index is 1.67. The summed E-state index contributed by atoms with van der Waals surface area (Å²) in [5, 5.41) is 8.54. The summed E-state index contributed by atoms with van der Waals surface area (Å²) in [6.45, 7) is 3.64. The predicted molar refractivity (Wildman–Crippen MR) is 134 cm³/mol. The van der Waals surface area contributed by atoms with Gasteiger partial charge in [-0.2, -0.15) is 5.10 Å². The van der Waals surface area contributed by atoms with Gasteiger partial charge in [-0.05, 0) is 68.3 Å². The second kappa shape index (κ2) is 8.73. The topological polar surface area (TPSA) is 93.9 Å². The van der Waals surface area contributed by atoms with Crippen molar-refractivity contribution in [2.75, 3.05) is 16.8 Å². The molecular formula is C25H22ClFN4O3S. The number of sulfone groups is 1. The molecule has 7 nitrogen and oxygen atoms in total. The molecule has 0 saturated carbocycles. The summed E-state index contributed by atoms with van der Waals surface area (Å²) in [5.41, 5.74) is 3.80. The van der Waals surface area contributed by atoms with Crippen molar-refractivity contribution in [1.82, 2.24) is 14.8 Å². The third-order valence-electron chi connectivity index (χ3n) is 6.21. The number of hydrogen-bond acceptors (Lipinski definition) is 5. The van der Waals surface area contributed by atoms with E-state index >= 15 is 0 Å². The first-order valence-corrected chi connectivity index (χ1v) is 13.2. The highest BCUT2D eigenvalue weighted by atomic mass is 35.5. The lowest BCUT2D eigenvalue weighted by atomic mass is 10.0. The van der Waals surface area contributed by atoms with E-state index in [1.54, 1.807) is 41.9 Å². The fourth-order valence-corrected chi connectivity index (χ4v) is 6.23. The first kappa shape index (κ1) is 23.4. The Labute approximate surface area is 206 Å². The SMILES string of the molecule is Cc1ccc(NC(=O)c2cc(-c3ccc(F)cc3)nc3c2c(C)nn3C2CCS(=O)(=O)C2)cc1Cl. The van der Waals surface area contributed by atoms with Crippen molar-refractivity contribution in [2.24, 2.45) is 0 Å². The van der Waals surface area contributed by atoms with Gasteiger partial charge in [0, 0.05) is 16.3 Å². The molecule has 4 aromatic rings. The van der Waals surface area contributed by atoms with Crippen LogP contribution in [0, 0.1) is 19.7 Å². The molecule has 1 aliphatic heterocycles. The summed E-state index contributed by atoms with van der Waals surface area (Å²) in [4.78, 5) is 18.2. The van der Waals surface area contributed by atoms with Crippen LogP contribution >= 0.6 is 11.6 Å². The summed E-state index contributed by atoms with van der Waals surface area (Å²) in [6.07, 6.45) is 0.421. The van der Waals surface area contributed by atoms with E-state index < -0.39 is 9.84 Å².